The number of carbonyl (C=O) groups excluding carboxylic acids is 2. The molecule has 0 heterocycles. The van der Waals surface area contributed by atoms with Crippen LogP contribution in [-0.2, 0) is 9.59 Å². The molecule has 0 aliphatic heterocycles. The molecule has 0 aliphatic rings. The lowest BCUT2D eigenvalue weighted by Gasteiger charge is -2.06. The van der Waals surface area contributed by atoms with E-state index >= 15 is 0 Å². The molecule has 7 heteroatoms. The Morgan fingerprint density at radius 3 is 2.52 bits per heavy atom. The maximum Gasteiger partial charge on any atom is 0.249 e. The van der Waals surface area contributed by atoms with Crippen LogP contribution in [0.5, 0.6) is 5.75 Å². The van der Waals surface area contributed by atoms with Gasteiger partial charge < -0.3 is 10.1 Å². The fourth-order valence-electron chi connectivity index (χ4n) is 1.94. The third kappa shape index (κ3) is 6.27. The molecule has 2 rings (SSSR count). The van der Waals surface area contributed by atoms with Crippen LogP contribution in [0.15, 0.2) is 53.6 Å². The summed E-state index contributed by atoms with van der Waals surface area (Å²) in [5.74, 6) is -0.228. The van der Waals surface area contributed by atoms with Gasteiger partial charge in [-0.05, 0) is 48.9 Å². The van der Waals surface area contributed by atoms with E-state index in [-0.39, 0.29) is 6.42 Å². The van der Waals surface area contributed by atoms with Crippen LogP contribution in [-0.4, -0.2) is 24.6 Å². The lowest BCUT2D eigenvalue weighted by atomic mass is 10.2. The zero-order valence-corrected chi connectivity index (χ0v) is 14.4. The molecule has 0 aromatic heterocycles. The first-order valence-electron chi connectivity index (χ1n) is 7.67. The topological polar surface area (TPSA) is 79.8 Å². The van der Waals surface area contributed by atoms with Gasteiger partial charge in [-0.2, -0.15) is 5.10 Å². The van der Waals surface area contributed by atoms with E-state index in [9.17, 15) is 9.59 Å². The average Bonchev–Trinajstić information content (AvgIpc) is 2.59. The van der Waals surface area contributed by atoms with Gasteiger partial charge in [0.25, 0.3) is 0 Å². The van der Waals surface area contributed by atoms with E-state index in [0.717, 1.165) is 11.3 Å². The Hall–Kier alpha value is -2.86. The second kappa shape index (κ2) is 9.44. The Kier molecular flexibility index (Phi) is 6.98. The maximum atomic E-state index is 11.8. The lowest BCUT2D eigenvalue weighted by Crippen LogP contribution is -2.24. The van der Waals surface area contributed by atoms with Crippen molar-refractivity contribution in [3.63, 3.8) is 0 Å². The van der Waals surface area contributed by atoms with Gasteiger partial charge in [-0.3, -0.25) is 9.59 Å². The monoisotopic (exact) mass is 359 g/mol. The minimum atomic E-state index is -0.522. The van der Waals surface area contributed by atoms with Crippen LogP contribution in [0.25, 0.3) is 0 Å². The summed E-state index contributed by atoms with van der Waals surface area (Å²) < 4.78 is 5.34. The molecule has 2 N–H and O–H groups in total. The Bertz CT molecular complexity index is 760. The molecule has 0 radical (unpaired) electrons. The van der Waals surface area contributed by atoms with E-state index < -0.39 is 11.8 Å². The molecular weight excluding hydrogens is 342 g/mol. The number of halogens is 1. The van der Waals surface area contributed by atoms with Crippen LogP contribution >= 0.6 is 11.6 Å². The highest BCUT2D eigenvalue weighted by Gasteiger charge is 2.10. The number of benzene rings is 2. The van der Waals surface area contributed by atoms with Crippen LogP contribution < -0.4 is 15.5 Å². The van der Waals surface area contributed by atoms with Crippen molar-refractivity contribution in [3.05, 3.63) is 59.1 Å². The number of hydrogen-bond acceptors (Lipinski definition) is 4. The third-order valence-electron chi connectivity index (χ3n) is 3.06. The van der Waals surface area contributed by atoms with E-state index in [1.54, 1.807) is 24.3 Å². The number of para-hydroxylation sites is 1. The number of nitrogens with one attached hydrogen (secondary N) is 2. The van der Waals surface area contributed by atoms with E-state index in [1.165, 1.54) is 6.21 Å². The molecule has 0 atom stereocenters. The highest BCUT2D eigenvalue weighted by atomic mass is 35.5. The highest BCUT2D eigenvalue weighted by Crippen LogP contribution is 2.20. The number of anilines is 1. The van der Waals surface area contributed by atoms with Crippen molar-refractivity contribution in [1.29, 1.82) is 0 Å². The van der Waals surface area contributed by atoms with Gasteiger partial charge in [0.1, 0.15) is 12.2 Å². The Labute approximate surface area is 150 Å². The molecule has 0 unspecified atom stereocenters. The minimum absolute atomic E-state index is 0.355. The van der Waals surface area contributed by atoms with Gasteiger partial charge in [0.2, 0.25) is 11.8 Å². The molecule has 25 heavy (non-hydrogen) atoms. The summed E-state index contributed by atoms with van der Waals surface area (Å²) in [6, 6.07) is 14.0. The molecule has 2 amide bonds. The second-order valence-electron chi connectivity index (χ2n) is 5.00. The van der Waals surface area contributed by atoms with Crippen molar-refractivity contribution in [1.82, 2.24) is 5.43 Å². The SMILES string of the molecule is CCOc1ccc(C=NNC(=O)CC(=O)Nc2ccccc2Cl)cc1. The maximum absolute atomic E-state index is 11.8. The molecule has 0 bridgehead atoms. The van der Waals surface area contributed by atoms with Crippen molar-refractivity contribution in [2.45, 2.75) is 13.3 Å². The number of nitrogens with zero attached hydrogens (tertiary/aromatic N) is 1. The van der Waals surface area contributed by atoms with Crippen molar-refractivity contribution >= 4 is 35.3 Å². The summed E-state index contributed by atoms with van der Waals surface area (Å²) in [4.78, 5) is 23.5. The first kappa shape index (κ1) is 18.5. The van der Waals surface area contributed by atoms with Crippen molar-refractivity contribution in [2.75, 3.05) is 11.9 Å². The van der Waals surface area contributed by atoms with Crippen molar-refractivity contribution in [2.24, 2.45) is 5.10 Å². The molecule has 0 saturated carbocycles. The molecule has 0 spiro atoms. The zero-order chi connectivity index (χ0) is 18.1. The fraction of sp³-hybridized carbons (Fsp3) is 0.167. The zero-order valence-electron chi connectivity index (χ0n) is 13.7. The number of hydrazone groups is 1. The summed E-state index contributed by atoms with van der Waals surface area (Å²) in [5, 5.41) is 6.80. The first-order valence-corrected chi connectivity index (χ1v) is 8.05. The molecule has 0 saturated heterocycles. The smallest absolute Gasteiger partial charge is 0.249 e. The summed E-state index contributed by atoms with van der Waals surface area (Å²) in [7, 11) is 0. The summed E-state index contributed by atoms with van der Waals surface area (Å²) in [5.41, 5.74) is 3.56. The Morgan fingerprint density at radius 2 is 1.84 bits per heavy atom. The fourth-order valence-corrected chi connectivity index (χ4v) is 2.12. The number of hydrogen-bond donors (Lipinski definition) is 2. The Balaban J connectivity index is 1.79. The predicted molar refractivity (Wildman–Crippen MR) is 98.0 cm³/mol. The second-order valence-corrected chi connectivity index (χ2v) is 5.41. The van der Waals surface area contributed by atoms with Gasteiger partial charge in [-0.1, -0.05) is 23.7 Å². The summed E-state index contributed by atoms with van der Waals surface area (Å²) in [6.45, 7) is 2.51. The van der Waals surface area contributed by atoms with Gasteiger partial charge in [0.05, 0.1) is 23.5 Å². The van der Waals surface area contributed by atoms with Gasteiger partial charge in [-0.25, -0.2) is 5.43 Å². The van der Waals surface area contributed by atoms with E-state index in [4.69, 9.17) is 16.3 Å². The minimum Gasteiger partial charge on any atom is -0.494 e. The van der Waals surface area contributed by atoms with Crippen LogP contribution in [0.1, 0.15) is 18.9 Å². The number of ether oxygens (including phenoxy) is 1. The highest BCUT2D eigenvalue weighted by molar-refractivity contribution is 6.33. The third-order valence-corrected chi connectivity index (χ3v) is 3.39. The van der Waals surface area contributed by atoms with Gasteiger partial charge in [0.15, 0.2) is 0 Å². The quantitative estimate of drug-likeness (QED) is 0.452. The van der Waals surface area contributed by atoms with Crippen LogP contribution in [0.2, 0.25) is 5.02 Å². The standard InChI is InChI=1S/C18H18ClN3O3/c1-2-25-14-9-7-13(8-10-14)12-20-22-18(24)11-17(23)21-16-6-4-3-5-15(16)19/h3-10,12H,2,11H2,1H3,(H,21,23)(H,22,24). The number of rotatable bonds is 7. The molecular formula is C18H18ClN3O3. The van der Waals surface area contributed by atoms with Gasteiger partial charge >= 0.3 is 0 Å². The van der Waals surface area contributed by atoms with Crippen LogP contribution in [0, 0.1) is 0 Å². The summed E-state index contributed by atoms with van der Waals surface area (Å²) >= 11 is 5.94. The molecule has 2 aromatic carbocycles. The first-order chi connectivity index (χ1) is 12.1. The predicted octanol–water partition coefficient (Wildman–Crippen LogP) is 3.22. The molecule has 0 aliphatic carbocycles. The van der Waals surface area contributed by atoms with E-state index in [0.29, 0.717) is 17.3 Å². The molecule has 130 valence electrons. The van der Waals surface area contributed by atoms with Gasteiger partial charge in [-0.15, -0.1) is 0 Å². The molecule has 6 nitrogen and oxygen atoms in total. The molecule has 0 fully saturated rings. The number of amides is 2. The van der Waals surface area contributed by atoms with Crippen molar-refractivity contribution < 1.29 is 14.3 Å². The van der Waals surface area contributed by atoms with Crippen LogP contribution in [0.3, 0.4) is 0 Å². The van der Waals surface area contributed by atoms with E-state index in [1.807, 2.05) is 31.2 Å². The Morgan fingerprint density at radius 1 is 1.12 bits per heavy atom. The van der Waals surface area contributed by atoms with Gasteiger partial charge in [0, 0.05) is 0 Å². The number of carbonyl (C=O) groups is 2. The normalized spacial score (nSPS) is 10.5. The lowest BCUT2D eigenvalue weighted by molar-refractivity contribution is -0.126. The largest absolute Gasteiger partial charge is 0.494 e. The molecule has 2 aromatic rings. The van der Waals surface area contributed by atoms with E-state index in [2.05, 4.69) is 15.8 Å². The van der Waals surface area contributed by atoms with Crippen LogP contribution in [0.4, 0.5) is 5.69 Å². The average molecular weight is 360 g/mol. The summed E-state index contributed by atoms with van der Waals surface area (Å²) in [6.07, 6.45) is 1.13. The van der Waals surface area contributed by atoms with Crippen molar-refractivity contribution in [3.8, 4) is 5.75 Å².